The molecule has 2 aliphatic rings. The summed E-state index contributed by atoms with van der Waals surface area (Å²) in [6, 6.07) is 12.4. The Bertz CT molecular complexity index is 790. The van der Waals surface area contributed by atoms with E-state index in [0.717, 1.165) is 5.56 Å². The molecule has 0 N–H and O–H groups in total. The minimum atomic E-state index is -0.711. The van der Waals surface area contributed by atoms with Gasteiger partial charge in [0, 0.05) is 5.56 Å². The molecular formula is C19H18O7. The van der Waals surface area contributed by atoms with Crippen LogP contribution >= 0.6 is 0 Å². The van der Waals surface area contributed by atoms with Crippen molar-refractivity contribution in [3.8, 4) is 23.0 Å². The van der Waals surface area contributed by atoms with E-state index in [1.807, 2.05) is 13.0 Å². The molecule has 2 aromatic rings. The smallest absolute Gasteiger partial charge is 0.314 e. The Kier molecular flexibility index (Phi) is 4.64. The second-order valence-electron chi connectivity index (χ2n) is 5.89. The maximum absolute atomic E-state index is 12.1. The minimum absolute atomic E-state index is 0.0170. The fourth-order valence-corrected chi connectivity index (χ4v) is 2.82. The lowest BCUT2D eigenvalue weighted by atomic mass is 10.2. The molecule has 0 saturated carbocycles. The van der Waals surface area contributed by atoms with Gasteiger partial charge in [-0.1, -0.05) is 18.2 Å². The molecule has 4 rings (SSSR count). The van der Waals surface area contributed by atoms with Crippen LogP contribution in [0.2, 0.25) is 0 Å². The van der Waals surface area contributed by atoms with Crippen LogP contribution in [0.1, 0.15) is 12.0 Å². The van der Waals surface area contributed by atoms with E-state index in [0.29, 0.717) is 23.0 Å². The van der Waals surface area contributed by atoms with Crippen molar-refractivity contribution in [2.75, 3.05) is 13.6 Å². The highest BCUT2D eigenvalue weighted by Gasteiger charge is 2.34. The third kappa shape index (κ3) is 3.44. The van der Waals surface area contributed by atoms with E-state index in [1.165, 1.54) is 0 Å². The molecular weight excluding hydrogens is 340 g/mol. The average Bonchev–Trinajstić information content (AvgIpc) is 3.28. The number of carbonyl (C=O) groups is 1. The van der Waals surface area contributed by atoms with E-state index in [2.05, 4.69) is 0 Å². The number of esters is 1. The van der Waals surface area contributed by atoms with Gasteiger partial charge in [0.15, 0.2) is 18.3 Å². The van der Waals surface area contributed by atoms with Crippen molar-refractivity contribution in [2.45, 2.75) is 25.7 Å². The Hall–Kier alpha value is -2.77. The molecule has 26 heavy (non-hydrogen) atoms. The first-order valence-electron chi connectivity index (χ1n) is 8.25. The van der Waals surface area contributed by atoms with Crippen LogP contribution in [-0.4, -0.2) is 31.9 Å². The summed E-state index contributed by atoms with van der Waals surface area (Å²) in [6.07, 6.45) is -1.25. The standard InChI is InChI=1S/C19H18O7/c1-12-14(7-8-15-18(12)23-10-21-15)26-19-16(22-11-24-19)9-17(20)25-13-5-3-2-4-6-13/h2-8,16,19H,9-11H2,1H3. The van der Waals surface area contributed by atoms with Crippen LogP contribution in [-0.2, 0) is 14.3 Å². The third-order valence-electron chi connectivity index (χ3n) is 4.14. The van der Waals surface area contributed by atoms with Gasteiger partial charge in [0.2, 0.25) is 13.1 Å². The fourth-order valence-electron chi connectivity index (χ4n) is 2.82. The van der Waals surface area contributed by atoms with Crippen molar-refractivity contribution in [3.05, 3.63) is 48.0 Å². The second-order valence-corrected chi connectivity index (χ2v) is 5.89. The van der Waals surface area contributed by atoms with Gasteiger partial charge in [-0.3, -0.25) is 4.79 Å². The maximum atomic E-state index is 12.1. The fraction of sp³-hybridized carbons (Fsp3) is 0.316. The summed E-state index contributed by atoms with van der Waals surface area (Å²) in [5.41, 5.74) is 0.807. The third-order valence-corrected chi connectivity index (χ3v) is 4.14. The van der Waals surface area contributed by atoms with Gasteiger partial charge >= 0.3 is 5.97 Å². The number of fused-ring (bicyclic) bond motifs is 1. The van der Waals surface area contributed by atoms with Crippen molar-refractivity contribution in [3.63, 3.8) is 0 Å². The van der Waals surface area contributed by atoms with E-state index in [4.69, 9.17) is 28.4 Å². The highest BCUT2D eigenvalue weighted by atomic mass is 16.8. The summed E-state index contributed by atoms with van der Waals surface area (Å²) < 4.78 is 32.9. The van der Waals surface area contributed by atoms with Crippen molar-refractivity contribution in [1.82, 2.24) is 0 Å². The number of benzene rings is 2. The molecule has 7 heteroatoms. The van der Waals surface area contributed by atoms with Crippen molar-refractivity contribution in [2.24, 2.45) is 0 Å². The van der Waals surface area contributed by atoms with Crippen molar-refractivity contribution in [1.29, 1.82) is 0 Å². The summed E-state index contributed by atoms with van der Waals surface area (Å²) in [7, 11) is 0. The molecule has 0 spiro atoms. The molecule has 2 heterocycles. The Morgan fingerprint density at radius 3 is 2.77 bits per heavy atom. The summed E-state index contributed by atoms with van der Waals surface area (Å²) in [5, 5.41) is 0. The summed E-state index contributed by atoms with van der Waals surface area (Å²) in [4.78, 5) is 12.1. The Labute approximate surface area is 150 Å². The van der Waals surface area contributed by atoms with Crippen LogP contribution in [0.3, 0.4) is 0 Å². The Morgan fingerprint density at radius 2 is 1.92 bits per heavy atom. The number of hydrogen-bond donors (Lipinski definition) is 0. The Balaban J connectivity index is 1.40. The molecule has 2 unspecified atom stereocenters. The first-order valence-corrected chi connectivity index (χ1v) is 8.25. The lowest BCUT2D eigenvalue weighted by molar-refractivity contribution is -0.138. The number of rotatable bonds is 5. The zero-order chi connectivity index (χ0) is 17.9. The van der Waals surface area contributed by atoms with E-state index in [1.54, 1.807) is 36.4 Å². The lowest BCUT2D eigenvalue weighted by Gasteiger charge is -2.19. The molecule has 0 aromatic heterocycles. The molecule has 0 aliphatic carbocycles. The van der Waals surface area contributed by atoms with Crippen LogP contribution < -0.4 is 18.9 Å². The van der Waals surface area contributed by atoms with Crippen LogP contribution in [0, 0.1) is 6.92 Å². The molecule has 136 valence electrons. The highest BCUT2D eigenvalue weighted by molar-refractivity contribution is 5.73. The predicted octanol–water partition coefficient (Wildman–Crippen LogP) is 2.80. The topological polar surface area (TPSA) is 72.5 Å². The van der Waals surface area contributed by atoms with Gasteiger partial charge < -0.3 is 28.4 Å². The van der Waals surface area contributed by atoms with E-state index >= 15 is 0 Å². The first kappa shape index (κ1) is 16.7. The van der Waals surface area contributed by atoms with Crippen LogP contribution in [0.25, 0.3) is 0 Å². The molecule has 2 aliphatic heterocycles. The van der Waals surface area contributed by atoms with Crippen LogP contribution in [0.4, 0.5) is 0 Å². The molecule has 0 radical (unpaired) electrons. The average molecular weight is 358 g/mol. The first-order chi connectivity index (χ1) is 12.7. The van der Waals surface area contributed by atoms with Gasteiger partial charge in [0.25, 0.3) is 0 Å². The van der Waals surface area contributed by atoms with Crippen LogP contribution in [0.15, 0.2) is 42.5 Å². The molecule has 2 aromatic carbocycles. The SMILES string of the molecule is Cc1c(OC2OCOC2CC(=O)Oc2ccccc2)ccc2c1OCO2. The van der Waals surface area contributed by atoms with Crippen LogP contribution in [0.5, 0.6) is 23.0 Å². The minimum Gasteiger partial charge on any atom is -0.462 e. The summed E-state index contributed by atoms with van der Waals surface area (Å²) in [5.74, 6) is 2.00. The van der Waals surface area contributed by atoms with Gasteiger partial charge in [-0.2, -0.15) is 0 Å². The van der Waals surface area contributed by atoms with Crippen molar-refractivity contribution >= 4 is 5.97 Å². The lowest BCUT2D eigenvalue weighted by Crippen LogP contribution is -2.32. The summed E-state index contributed by atoms with van der Waals surface area (Å²) >= 11 is 0. The molecule has 1 fully saturated rings. The van der Waals surface area contributed by atoms with Gasteiger partial charge in [0.05, 0.1) is 6.42 Å². The number of para-hydroxylation sites is 1. The molecule has 0 amide bonds. The van der Waals surface area contributed by atoms with Gasteiger partial charge in [-0.25, -0.2) is 0 Å². The quantitative estimate of drug-likeness (QED) is 0.601. The second kappa shape index (κ2) is 7.23. The van der Waals surface area contributed by atoms with Gasteiger partial charge in [0.1, 0.15) is 17.6 Å². The number of ether oxygens (including phenoxy) is 6. The van der Waals surface area contributed by atoms with E-state index in [9.17, 15) is 4.79 Å². The van der Waals surface area contributed by atoms with Gasteiger partial charge in [-0.15, -0.1) is 0 Å². The van der Waals surface area contributed by atoms with E-state index in [-0.39, 0.29) is 20.0 Å². The summed E-state index contributed by atoms with van der Waals surface area (Å²) in [6.45, 7) is 2.12. The normalized spacial score (nSPS) is 20.8. The molecule has 0 bridgehead atoms. The number of carbonyl (C=O) groups excluding carboxylic acids is 1. The molecule has 7 nitrogen and oxygen atoms in total. The largest absolute Gasteiger partial charge is 0.462 e. The predicted molar refractivity (Wildman–Crippen MR) is 89.2 cm³/mol. The zero-order valence-corrected chi connectivity index (χ0v) is 14.2. The maximum Gasteiger partial charge on any atom is 0.314 e. The van der Waals surface area contributed by atoms with Gasteiger partial charge in [-0.05, 0) is 31.2 Å². The Morgan fingerprint density at radius 1 is 1.08 bits per heavy atom. The van der Waals surface area contributed by atoms with Crippen molar-refractivity contribution < 1.29 is 33.2 Å². The van der Waals surface area contributed by atoms with E-state index < -0.39 is 18.4 Å². The number of hydrogen-bond acceptors (Lipinski definition) is 7. The highest BCUT2D eigenvalue weighted by Crippen LogP contribution is 2.40. The molecule has 2 atom stereocenters. The zero-order valence-electron chi connectivity index (χ0n) is 14.2. The monoisotopic (exact) mass is 358 g/mol. The molecule has 1 saturated heterocycles.